The molecule has 0 N–H and O–H groups in total. The molecular weight excluding hydrogens is 458 g/mol. The van der Waals surface area contributed by atoms with Crippen molar-refractivity contribution in [1.82, 2.24) is 14.5 Å². The van der Waals surface area contributed by atoms with Crippen molar-refractivity contribution in [2.45, 2.75) is 51.2 Å². The van der Waals surface area contributed by atoms with Crippen LogP contribution < -0.4 is 5.56 Å². The topological polar surface area (TPSA) is 47.8 Å². The zero-order valence-corrected chi connectivity index (χ0v) is 19.2. The third-order valence-electron chi connectivity index (χ3n) is 6.86. The van der Waals surface area contributed by atoms with E-state index in [4.69, 9.17) is 0 Å². The first-order chi connectivity index (χ1) is 16.6. The molecule has 5 rings (SSSR count). The molecule has 0 spiro atoms. The van der Waals surface area contributed by atoms with Crippen LogP contribution in [-0.4, -0.2) is 14.5 Å². The third-order valence-corrected chi connectivity index (χ3v) is 6.86. The van der Waals surface area contributed by atoms with E-state index >= 15 is 0 Å². The maximum atomic E-state index is 14.4. The molecule has 1 saturated carbocycles. The van der Waals surface area contributed by atoms with Crippen molar-refractivity contribution in [3.05, 3.63) is 105 Å². The fraction of sp³-hybridized carbons (Fsp3) is 0.296. The third kappa shape index (κ3) is 4.22. The van der Waals surface area contributed by atoms with Gasteiger partial charge in [0.15, 0.2) is 0 Å². The Morgan fingerprint density at radius 1 is 1.03 bits per heavy atom. The predicted molar refractivity (Wildman–Crippen MR) is 125 cm³/mol. The van der Waals surface area contributed by atoms with Crippen LogP contribution in [0.4, 0.5) is 17.6 Å². The van der Waals surface area contributed by atoms with E-state index in [0.717, 1.165) is 11.6 Å². The van der Waals surface area contributed by atoms with Crippen LogP contribution in [-0.2, 0) is 12.7 Å². The lowest BCUT2D eigenvalue weighted by Gasteiger charge is -2.37. The van der Waals surface area contributed by atoms with Gasteiger partial charge in [-0.1, -0.05) is 12.1 Å². The molecule has 4 aromatic rings. The molecule has 1 aromatic carbocycles. The monoisotopic (exact) mass is 481 g/mol. The molecule has 3 heterocycles. The van der Waals surface area contributed by atoms with Crippen molar-refractivity contribution >= 4 is 11.0 Å². The molecular formula is C27H23F4N3O. The standard InChI is InChI=1S/C27H23F4N3O/c1-15-5-3-7-22(28)24(15)19-11-18(12-19)20-13-17-9-8-16(2)33-25(17)34(26(20)35)14-23-21(27(29,30)31)6-4-10-32-23/h3-10,13,18-19H,11-12,14H2,1-2H3/t18-,19+. The lowest BCUT2D eigenvalue weighted by atomic mass is 9.68. The summed E-state index contributed by atoms with van der Waals surface area (Å²) in [6.45, 7) is 3.28. The number of aromatic nitrogens is 3. The van der Waals surface area contributed by atoms with E-state index in [1.165, 1.54) is 22.9 Å². The zero-order chi connectivity index (χ0) is 24.9. The molecule has 0 bridgehead atoms. The van der Waals surface area contributed by atoms with Gasteiger partial charge in [-0.2, -0.15) is 13.2 Å². The van der Waals surface area contributed by atoms with Crippen LogP contribution in [0.15, 0.2) is 59.5 Å². The zero-order valence-electron chi connectivity index (χ0n) is 19.2. The Morgan fingerprint density at radius 2 is 1.80 bits per heavy atom. The van der Waals surface area contributed by atoms with E-state index in [2.05, 4.69) is 9.97 Å². The number of nitrogens with zero attached hydrogens (tertiary/aromatic N) is 3. The van der Waals surface area contributed by atoms with Gasteiger partial charge in [0, 0.05) is 22.8 Å². The molecule has 1 aliphatic rings. The molecule has 0 amide bonds. The second kappa shape index (κ2) is 8.59. The average molecular weight is 481 g/mol. The molecule has 8 heteroatoms. The van der Waals surface area contributed by atoms with E-state index in [1.807, 2.05) is 19.1 Å². The number of aryl methyl sites for hydroxylation is 2. The van der Waals surface area contributed by atoms with Crippen molar-refractivity contribution in [1.29, 1.82) is 0 Å². The summed E-state index contributed by atoms with van der Waals surface area (Å²) in [4.78, 5) is 22.0. The van der Waals surface area contributed by atoms with E-state index in [1.54, 1.807) is 25.1 Å². The van der Waals surface area contributed by atoms with Crippen molar-refractivity contribution in [2.75, 3.05) is 0 Å². The highest BCUT2D eigenvalue weighted by Crippen LogP contribution is 2.48. The summed E-state index contributed by atoms with van der Waals surface area (Å²) in [6.07, 6.45) is -2.12. The highest BCUT2D eigenvalue weighted by molar-refractivity contribution is 5.76. The van der Waals surface area contributed by atoms with E-state index in [0.29, 0.717) is 40.7 Å². The van der Waals surface area contributed by atoms with Gasteiger partial charge in [0.05, 0.1) is 17.8 Å². The molecule has 35 heavy (non-hydrogen) atoms. The maximum Gasteiger partial charge on any atom is 0.418 e. The van der Waals surface area contributed by atoms with Crippen LogP contribution in [0.25, 0.3) is 11.0 Å². The second-order valence-corrected chi connectivity index (χ2v) is 9.19. The maximum absolute atomic E-state index is 14.4. The van der Waals surface area contributed by atoms with Gasteiger partial charge in [-0.3, -0.25) is 14.3 Å². The fourth-order valence-corrected chi connectivity index (χ4v) is 5.04. The number of hydrogen-bond donors (Lipinski definition) is 0. The van der Waals surface area contributed by atoms with Gasteiger partial charge < -0.3 is 0 Å². The summed E-state index contributed by atoms with van der Waals surface area (Å²) in [5, 5.41) is 0.667. The number of benzene rings is 1. The van der Waals surface area contributed by atoms with E-state index in [-0.39, 0.29) is 35.5 Å². The second-order valence-electron chi connectivity index (χ2n) is 9.19. The number of rotatable bonds is 4. The molecule has 4 nitrogen and oxygen atoms in total. The van der Waals surface area contributed by atoms with Crippen LogP contribution in [0.1, 0.15) is 58.3 Å². The van der Waals surface area contributed by atoms with Crippen LogP contribution in [0.2, 0.25) is 0 Å². The highest BCUT2D eigenvalue weighted by atomic mass is 19.4. The number of alkyl halides is 3. The van der Waals surface area contributed by atoms with Crippen molar-refractivity contribution in [3.8, 4) is 0 Å². The van der Waals surface area contributed by atoms with Crippen LogP contribution >= 0.6 is 0 Å². The Balaban J connectivity index is 1.57. The Morgan fingerprint density at radius 3 is 2.51 bits per heavy atom. The van der Waals surface area contributed by atoms with E-state index < -0.39 is 11.7 Å². The number of halogens is 4. The summed E-state index contributed by atoms with van der Waals surface area (Å²) in [5.41, 5.74) is 1.52. The van der Waals surface area contributed by atoms with Gasteiger partial charge in [0.2, 0.25) is 0 Å². The molecule has 0 aliphatic heterocycles. The van der Waals surface area contributed by atoms with Gasteiger partial charge in [0.1, 0.15) is 11.5 Å². The summed E-state index contributed by atoms with van der Waals surface area (Å²) in [5.74, 6) is -0.373. The minimum absolute atomic E-state index is 0.00601. The molecule has 0 atom stereocenters. The lowest BCUT2D eigenvalue weighted by molar-refractivity contribution is -0.138. The fourth-order valence-electron chi connectivity index (χ4n) is 5.04. The summed E-state index contributed by atoms with van der Waals surface area (Å²) >= 11 is 0. The quantitative estimate of drug-likeness (QED) is 0.323. The molecule has 0 unspecified atom stereocenters. The molecule has 0 radical (unpaired) electrons. The summed E-state index contributed by atoms with van der Waals surface area (Å²) in [7, 11) is 0. The summed E-state index contributed by atoms with van der Waals surface area (Å²) < 4.78 is 56.5. The number of fused-ring (bicyclic) bond motifs is 1. The van der Waals surface area contributed by atoms with E-state index in [9.17, 15) is 22.4 Å². The largest absolute Gasteiger partial charge is 0.418 e. The Bertz CT molecular complexity index is 1470. The van der Waals surface area contributed by atoms with Crippen LogP contribution in [0.3, 0.4) is 0 Å². The first kappa shape index (κ1) is 23.2. The van der Waals surface area contributed by atoms with Crippen molar-refractivity contribution < 1.29 is 17.6 Å². The highest BCUT2D eigenvalue weighted by Gasteiger charge is 2.37. The molecule has 3 aromatic heterocycles. The average Bonchev–Trinajstić information content (AvgIpc) is 2.77. The minimum atomic E-state index is -4.59. The molecule has 1 fully saturated rings. The smallest absolute Gasteiger partial charge is 0.286 e. The molecule has 1 aliphatic carbocycles. The van der Waals surface area contributed by atoms with Crippen molar-refractivity contribution in [2.24, 2.45) is 0 Å². The molecule has 180 valence electrons. The normalized spacial score (nSPS) is 18.0. The Hall–Kier alpha value is -3.55. The van der Waals surface area contributed by atoms with Gasteiger partial charge >= 0.3 is 6.18 Å². The van der Waals surface area contributed by atoms with Gasteiger partial charge in [0.25, 0.3) is 5.56 Å². The molecule has 0 saturated heterocycles. The Kier molecular flexibility index (Phi) is 5.69. The number of pyridine rings is 3. The minimum Gasteiger partial charge on any atom is -0.286 e. The first-order valence-electron chi connectivity index (χ1n) is 11.4. The van der Waals surface area contributed by atoms with Gasteiger partial charge in [-0.05, 0) is 86.1 Å². The lowest BCUT2D eigenvalue weighted by Crippen LogP contribution is -2.32. The SMILES string of the molecule is Cc1ccc2cc([C@H]3C[C@@H](c4c(C)cccc4F)C3)c(=O)n(Cc3ncccc3C(F)(F)F)c2n1. The van der Waals surface area contributed by atoms with Crippen LogP contribution in [0, 0.1) is 19.7 Å². The summed E-state index contributed by atoms with van der Waals surface area (Å²) in [6, 6.07) is 12.6. The first-order valence-corrected chi connectivity index (χ1v) is 11.4. The number of hydrogen-bond acceptors (Lipinski definition) is 3. The van der Waals surface area contributed by atoms with Gasteiger partial charge in [-0.25, -0.2) is 9.37 Å². The Labute approximate surface area is 199 Å². The van der Waals surface area contributed by atoms with Gasteiger partial charge in [-0.15, -0.1) is 0 Å². The van der Waals surface area contributed by atoms with Crippen molar-refractivity contribution in [3.63, 3.8) is 0 Å². The predicted octanol–water partition coefficient (Wildman–Crippen LogP) is 6.28. The van der Waals surface area contributed by atoms with Crippen LogP contribution in [0.5, 0.6) is 0 Å².